The molecular formula is C23H22O4. The number of aliphatic hydroxyl groups is 1. The SMILES string of the molecule is OC(c1ccc(OCc2ccccc2)cc1)c1cccc(C2OCCO2)c1. The highest BCUT2D eigenvalue weighted by Crippen LogP contribution is 2.29. The van der Waals surface area contributed by atoms with Crippen molar-refractivity contribution in [3.8, 4) is 5.75 Å². The van der Waals surface area contributed by atoms with E-state index in [1.807, 2.05) is 78.9 Å². The molecular weight excluding hydrogens is 340 g/mol. The molecule has 0 bridgehead atoms. The van der Waals surface area contributed by atoms with Gasteiger partial charge in [-0.1, -0.05) is 60.7 Å². The van der Waals surface area contributed by atoms with Crippen LogP contribution in [0.5, 0.6) is 5.75 Å². The summed E-state index contributed by atoms with van der Waals surface area (Å²) in [6.45, 7) is 1.72. The number of hydrogen-bond donors (Lipinski definition) is 1. The summed E-state index contributed by atoms with van der Waals surface area (Å²) >= 11 is 0. The summed E-state index contributed by atoms with van der Waals surface area (Å²) in [5.74, 6) is 0.774. The van der Waals surface area contributed by atoms with Crippen molar-refractivity contribution < 1.29 is 19.3 Å². The summed E-state index contributed by atoms with van der Waals surface area (Å²) in [5.41, 5.74) is 3.67. The van der Waals surface area contributed by atoms with Crippen LogP contribution in [-0.2, 0) is 16.1 Å². The molecule has 1 aliphatic rings. The summed E-state index contributed by atoms with van der Waals surface area (Å²) in [5, 5.41) is 10.7. The van der Waals surface area contributed by atoms with Gasteiger partial charge in [-0.2, -0.15) is 0 Å². The Morgan fingerprint density at radius 1 is 0.852 bits per heavy atom. The first-order chi connectivity index (χ1) is 13.3. The monoisotopic (exact) mass is 362 g/mol. The van der Waals surface area contributed by atoms with Gasteiger partial charge in [0.15, 0.2) is 6.29 Å². The zero-order valence-corrected chi connectivity index (χ0v) is 15.0. The van der Waals surface area contributed by atoms with Gasteiger partial charge in [-0.15, -0.1) is 0 Å². The molecule has 1 aliphatic heterocycles. The largest absolute Gasteiger partial charge is 0.489 e. The molecule has 1 heterocycles. The first-order valence-corrected chi connectivity index (χ1v) is 9.07. The molecule has 1 N–H and O–H groups in total. The van der Waals surface area contributed by atoms with Crippen LogP contribution in [0, 0.1) is 0 Å². The molecule has 1 atom stereocenters. The average Bonchev–Trinajstić information content (AvgIpc) is 3.28. The molecule has 4 heteroatoms. The first-order valence-electron chi connectivity index (χ1n) is 9.07. The van der Waals surface area contributed by atoms with Crippen molar-refractivity contribution in [3.63, 3.8) is 0 Å². The number of ether oxygens (including phenoxy) is 3. The van der Waals surface area contributed by atoms with Gasteiger partial charge in [-0.25, -0.2) is 0 Å². The molecule has 138 valence electrons. The highest BCUT2D eigenvalue weighted by Gasteiger charge is 2.20. The molecule has 4 nitrogen and oxygen atoms in total. The Balaban J connectivity index is 1.43. The van der Waals surface area contributed by atoms with E-state index in [2.05, 4.69) is 0 Å². The normalized spacial score (nSPS) is 15.6. The van der Waals surface area contributed by atoms with E-state index in [1.54, 1.807) is 0 Å². The molecule has 1 unspecified atom stereocenters. The maximum Gasteiger partial charge on any atom is 0.184 e. The van der Waals surface area contributed by atoms with Crippen molar-refractivity contribution in [3.05, 3.63) is 101 Å². The maximum atomic E-state index is 10.7. The third kappa shape index (κ3) is 4.37. The number of rotatable bonds is 6. The summed E-state index contributed by atoms with van der Waals surface area (Å²) < 4.78 is 16.9. The Morgan fingerprint density at radius 3 is 2.33 bits per heavy atom. The van der Waals surface area contributed by atoms with Crippen LogP contribution in [-0.4, -0.2) is 18.3 Å². The fourth-order valence-electron chi connectivity index (χ4n) is 3.11. The minimum absolute atomic E-state index is 0.342. The molecule has 3 aromatic rings. The van der Waals surface area contributed by atoms with Gasteiger partial charge in [0.2, 0.25) is 0 Å². The van der Waals surface area contributed by atoms with Crippen LogP contribution in [0.4, 0.5) is 0 Å². The van der Waals surface area contributed by atoms with Crippen molar-refractivity contribution in [2.24, 2.45) is 0 Å². The summed E-state index contributed by atoms with van der Waals surface area (Å²) in [6, 6.07) is 25.3. The second-order valence-electron chi connectivity index (χ2n) is 6.49. The van der Waals surface area contributed by atoms with E-state index < -0.39 is 6.10 Å². The molecule has 1 fully saturated rings. The van der Waals surface area contributed by atoms with Crippen LogP contribution < -0.4 is 4.74 Å². The van der Waals surface area contributed by atoms with E-state index in [-0.39, 0.29) is 6.29 Å². The standard InChI is InChI=1S/C23H22O4/c24-22(19-7-4-8-20(15-19)23-25-13-14-26-23)18-9-11-21(12-10-18)27-16-17-5-2-1-3-6-17/h1-12,15,22-24H,13-14,16H2. The van der Waals surface area contributed by atoms with E-state index >= 15 is 0 Å². The Morgan fingerprint density at radius 2 is 1.59 bits per heavy atom. The predicted octanol–water partition coefficient (Wildman–Crippen LogP) is 4.39. The van der Waals surface area contributed by atoms with E-state index in [0.717, 1.165) is 28.0 Å². The lowest BCUT2D eigenvalue weighted by molar-refractivity contribution is -0.0442. The fourth-order valence-corrected chi connectivity index (χ4v) is 3.11. The summed E-state index contributed by atoms with van der Waals surface area (Å²) in [4.78, 5) is 0. The molecule has 0 aliphatic carbocycles. The second kappa shape index (κ2) is 8.35. The van der Waals surface area contributed by atoms with E-state index in [4.69, 9.17) is 14.2 Å². The molecule has 4 rings (SSSR count). The van der Waals surface area contributed by atoms with Gasteiger partial charge in [-0.05, 0) is 34.9 Å². The number of benzene rings is 3. The topological polar surface area (TPSA) is 47.9 Å². The van der Waals surface area contributed by atoms with Gasteiger partial charge < -0.3 is 19.3 Å². The van der Waals surface area contributed by atoms with Crippen molar-refractivity contribution >= 4 is 0 Å². The third-order valence-corrected chi connectivity index (χ3v) is 4.56. The highest BCUT2D eigenvalue weighted by atomic mass is 16.7. The van der Waals surface area contributed by atoms with Gasteiger partial charge in [0.1, 0.15) is 18.5 Å². The molecule has 0 amide bonds. The summed E-state index contributed by atoms with van der Waals surface area (Å²) in [7, 11) is 0. The van der Waals surface area contributed by atoms with Crippen molar-refractivity contribution in [1.82, 2.24) is 0 Å². The van der Waals surface area contributed by atoms with Gasteiger partial charge >= 0.3 is 0 Å². The molecule has 27 heavy (non-hydrogen) atoms. The minimum Gasteiger partial charge on any atom is -0.489 e. The third-order valence-electron chi connectivity index (χ3n) is 4.56. The van der Waals surface area contributed by atoms with Crippen LogP contribution in [0.25, 0.3) is 0 Å². The molecule has 3 aromatic carbocycles. The fraction of sp³-hybridized carbons (Fsp3) is 0.217. The van der Waals surface area contributed by atoms with Crippen LogP contribution in [0.3, 0.4) is 0 Å². The van der Waals surface area contributed by atoms with E-state index in [9.17, 15) is 5.11 Å². The second-order valence-corrected chi connectivity index (χ2v) is 6.49. The molecule has 1 saturated heterocycles. The minimum atomic E-state index is -0.713. The average molecular weight is 362 g/mol. The Kier molecular flexibility index (Phi) is 5.49. The zero-order valence-electron chi connectivity index (χ0n) is 15.0. The Bertz CT molecular complexity index is 855. The van der Waals surface area contributed by atoms with E-state index in [0.29, 0.717) is 19.8 Å². The molecule has 0 aromatic heterocycles. The Labute approximate surface area is 158 Å². The van der Waals surface area contributed by atoms with Gasteiger partial charge in [-0.3, -0.25) is 0 Å². The zero-order chi connectivity index (χ0) is 18.5. The van der Waals surface area contributed by atoms with Gasteiger partial charge in [0, 0.05) is 5.56 Å². The van der Waals surface area contributed by atoms with Crippen LogP contribution in [0.2, 0.25) is 0 Å². The van der Waals surface area contributed by atoms with Gasteiger partial charge in [0.25, 0.3) is 0 Å². The lowest BCUT2D eigenvalue weighted by atomic mass is 9.99. The molecule has 0 spiro atoms. The highest BCUT2D eigenvalue weighted by molar-refractivity contribution is 5.36. The number of hydrogen-bond acceptors (Lipinski definition) is 4. The number of aliphatic hydroxyl groups excluding tert-OH is 1. The smallest absolute Gasteiger partial charge is 0.184 e. The maximum absolute atomic E-state index is 10.7. The van der Waals surface area contributed by atoms with E-state index in [1.165, 1.54) is 0 Å². The van der Waals surface area contributed by atoms with Crippen molar-refractivity contribution in [1.29, 1.82) is 0 Å². The predicted molar refractivity (Wildman–Crippen MR) is 102 cm³/mol. The quantitative estimate of drug-likeness (QED) is 0.706. The molecule has 0 radical (unpaired) electrons. The van der Waals surface area contributed by atoms with Crippen molar-refractivity contribution in [2.45, 2.75) is 19.0 Å². The first kappa shape index (κ1) is 17.7. The molecule has 0 saturated carbocycles. The lowest BCUT2D eigenvalue weighted by Crippen LogP contribution is -2.03. The van der Waals surface area contributed by atoms with Crippen LogP contribution in [0.1, 0.15) is 34.6 Å². The summed E-state index contributed by atoms with van der Waals surface area (Å²) in [6.07, 6.45) is -1.06. The Hall–Kier alpha value is -2.66. The van der Waals surface area contributed by atoms with Gasteiger partial charge in [0.05, 0.1) is 13.2 Å². The van der Waals surface area contributed by atoms with Crippen LogP contribution in [0.15, 0.2) is 78.9 Å². The lowest BCUT2D eigenvalue weighted by Gasteiger charge is -2.15. The van der Waals surface area contributed by atoms with Crippen molar-refractivity contribution in [2.75, 3.05) is 13.2 Å². The van der Waals surface area contributed by atoms with Crippen LogP contribution >= 0.6 is 0 Å².